The molecule has 1 atom stereocenters. The van der Waals surface area contributed by atoms with E-state index in [1.54, 1.807) is 6.20 Å². The van der Waals surface area contributed by atoms with Gasteiger partial charge in [-0.15, -0.1) is 5.10 Å². The Hall–Kier alpha value is -3.57. The Morgan fingerprint density at radius 3 is 2.89 bits per heavy atom. The van der Waals surface area contributed by atoms with Gasteiger partial charge in [0.15, 0.2) is 23.2 Å². The highest BCUT2D eigenvalue weighted by Crippen LogP contribution is 2.31. The van der Waals surface area contributed by atoms with Crippen LogP contribution in [0.5, 0.6) is 0 Å². The predicted octanol–water partition coefficient (Wildman–Crippen LogP) is 3.03. The van der Waals surface area contributed by atoms with Crippen LogP contribution in [0.25, 0.3) is 22.6 Å². The fourth-order valence-electron chi connectivity index (χ4n) is 4.81. The van der Waals surface area contributed by atoms with Crippen molar-refractivity contribution in [1.82, 2.24) is 35.2 Å². The van der Waals surface area contributed by atoms with Gasteiger partial charge >= 0.3 is 0 Å². The minimum atomic E-state index is -1.06. The summed E-state index contributed by atoms with van der Waals surface area (Å²) in [6.45, 7) is 4.28. The molecular formula is C24H26F2N8O. The number of anilines is 1. The number of carbonyl (C=O) groups is 1. The van der Waals surface area contributed by atoms with Gasteiger partial charge in [0.1, 0.15) is 11.5 Å². The standard InChI is InChI=1S/C24H26F2N8O/c1-2-21(35)19-7-4-10-33(19)32-11-8-15(9-12-32)16-13-17(23(27)28-14-16)24-29-30-31-34(24)20-6-3-5-18(25)22(20)26/h3,5-6,8,13-14,19H,2,4,7,9-12H2,1H3,(H2,27,28)/t19-/m0/s1. The van der Waals surface area contributed by atoms with Crippen molar-refractivity contribution in [3.8, 4) is 17.1 Å². The number of rotatable bonds is 6. The number of pyridine rings is 1. The zero-order valence-corrected chi connectivity index (χ0v) is 19.4. The first-order chi connectivity index (χ1) is 17.0. The summed E-state index contributed by atoms with van der Waals surface area (Å²) < 4.78 is 29.3. The number of nitrogen functional groups attached to an aromatic ring is 1. The molecular weight excluding hydrogens is 454 g/mol. The summed E-state index contributed by atoms with van der Waals surface area (Å²) in [4.78, 5) is 16.7. The molecule has 182 valence electrons. The van der Waals surface area contributed by atoms with Crippen molar-refractivity contribution in [2.45, 2.75) is 38.6 Å². The first-order valence-electron chi connectivity index (χ1n) is 11.7. The van der Waals surface area contributed by atoms with Gasteiger partial charge in [-0.2, -0.15) is 4.68 Å². The third-order valence-electron chi connectivity index (χ3n) is 6.65. The predicted molar refractivity (Wildman–Crippen MR) is 126 cm³/mol. The van der Waals surface area contributed by atoms with E-state index in [1.165, 1.54) is 12.1 Å². The van der Waals surface area contributed by atoms with Crippen molar-refractivity contribution < 1.29 is 13.6 Å². The number of hydrazine groups is 1. The van der Waals surface area contributed by atoms with Crippen LogP contribution in [0.4, 0.5) is 14.6 Å². The molecule has 4 heterocycles. The van der Waals surface area contributed by atoms with E-state index < -0.39 is 11.6 Å². The van der Waals surface area contributed by atoms with E-state index in [1.807, 2.05) is 13.0 Å². The second-order valence-electron chi connectivity index (χ2n) is 8.68. The highest BCUT2D eigenvalue weighted by molar-refractivity contribution is 5.84. The third-order valence-corrected chi connectivity index (χ3v) is 6.65. The van der Waals surface area contributed by atoms with Gasteiger partial charge in [0.25, 0.3) is 0 Å². The molecule has 0 saturated carbocycles. The molecule has 0 radical (unpaired) electrons. The lowest BCUT2D eigenvalue weighted by atomic mass is 9.99. The molecule has 35 heavy (non-hydrogen) atoms. The van der Waals surface area contributed by atoms with E-state index in [4.69, 9.17) is 5.73 Å². The number of carbonyl (C=O) groups excluding carboxylic acids is 1. The van der Waals surface area contributed by atoms with E-state index in [0.29, 0.717) is 18.5 Å². The summed E-state index contributed by atoms with van der Waals surface area (Å²) in [5, 5.41) is 16.0. The number of tetrazole rings is 1. The summed E-state index contributed by atoms with van der Waals surface area (Å²) >= 11 is 0. The molecule has 0 amide bonds. The van der Waals surface area contributed by atoms with Crippen molar-refractivity contribution in [2.75, 3.05) is 25.4 Å². The first kappa shape index (κ1) is 23.2. The highest BCUT2D eigenvalue weighted by atomic mass is 19.2. The van der Waals surface area contributed by atoms with E-state index >= 15 is 0 Å². The average molecular weight is 481 g/mol. The maximum Gasteiger partial charge on any atom is 0.190 e. The zero-order valence-electron chi connectivity index (χ0n) is 19.4. The average Bonchev–Trinajstić information content (AvgIpc) is 3.56. The van der Waals surface area contributed by atoms with E-state index in [2.05, 4.69) is 36.6 Å². The van der Waals surface area contributed by atoms with Gasteiger partial charge in [-0.05, 0) is 59.0 Å². The first-order valence-corrected chi connectivity index (χ1v) is 11.7. The second-order valence-corrected chi connectivity index (χ2v) is 8.68. The van der Waals surface area contributed by atoms with Crippen LogP contribution in [-0.4, -0.2) is 66.7 Å². The maximum atomic E-state index is 14.4. The van der Waals surface area contributed by atoms with E-state index in [0.717, 1.165) is 54.2 Å². The van der Waals surface area contributed by atoms with Gasteiger partial charge in [0.2, 0.25) is 0 Å². The van der Waals surface area contributed by atoms with Crippen LogP contribution in [0.15, 0.2) is 36.5 Å². The SMILES string of the molecule is CCC(=O)[C@@H]1CCCN1N1CC=C(c2cnc(N)c(-c3nnnn3-c3cccc(F)c3F)c2)CC1. The Morgan fingerprint density at radius 2 is 2.11 bits per heavy atom. The molecule has 2 aromatic heterocycles. The van der Waals surface area contributed by atoms with Crippen LogP contribution in [0.3, 0.4) is 0 Å². The van der Waals surface area contributed by atoms with Crippen LogP contribution in [0, 0.1) is 11.6 Å². The van der Waals surface area contributed by atoms with Crippen molar-refractivity contribution in [2.24, 2.45) is 0 Å². The Kier molecular flexibility index (Phi) is 6.35. The normalized spacial score (nSPS) is 19.2. The molecule has 1 aromatic carbocycles. The molecule has 1 saturated heterocycles. The lowest BCUT2D eigenvalue weighted by Gasteiger charge is -2.37. The summed E-state index contributed by atoms with van der Waals surface area (Å²) in [7, 11) is 0. The number of hydrogen-bond donors (Lipinski definition) is 1. The molecule has 3 aromatic rings. The Labute approximate surface area is 201 Å². The monoisotopic (exact) mass is 480 g/mol. The number of aromatic nitrogens is 5. The molecule has 0 aliphatic carbocycles. The number of nitrogens with zero attached hydrogens (tertiary/aromatic N) is 7. The summed E-state index contributed by atoms with van der Waals surface area (Å²) in [5.41, 5.74) is 8.37. The van der Waals surface area contributed by atoms with Crippen LogP contribution in [0.1, 0.15) is 38.2 Å². The topological polar surface area (TPSA) is 106 Å². The fraction of sp³-hybridized carbons (Fsp3) is 0.375. The number of halogens is 2. The molecule has 2 N–H and O–H groups in total. The van der Waals surface area contributed by atoms with Crippen LogP contribution >= 0.6 is 0 Å². The molecule has 2 aliphatic heterocycles. The van der Waals surface area contributed by atoms with Crippen molar-refractivity contribution in [3.05, 3.63) is 53.7 Å². The quantitative estimate of drug-likeness (QED) is 0.574. The molecule has 9 nitrogen and oxygen atoms in total. The van der Waals surface area contributed by atoms with Gasteiger partial charge in [0, 0.05) is 32.3 Å². The lowest BCUT2D eigenvalue weighted by molar-refractivity contribution is -0.130. The van der Waals surface area contributed by atoms with Gasteiger partial charge in [-0.3, -0.25) is 4.79 Å². The van der Waals surface area contributed by atoms with E-state index in [-0.39, 0.29) is 29.2 Å². The summed E-state index contributed by atoms with van der Waals surface area (Å²) in [5.74, 6) is -1.42. The van der Waals surface area contributed by atoms with Crippen LogP contribution in [-0.2, 0) is 4.79 Å². The minimum Gasteiger partial charge on any atom is -0.383 e. The molecule has 11 heteroatoms. The van der Waals surface area contributed by atoms with Gasteiger partial charge in [0.05, 0.1) is 11.6 Å². The number of nitrogens with two attached hydrogens (primary N) is 1. The molecule has 0 spiro atoms. The molecule has 0 unspecified atom stereocenters. The number of benzene rings is 1. The highest BCUT2D eigenvalue weighted by Gasteiger charge is 2.34. The summed E-state index contributed by atoms with van der Waals surface area (Å²) in [6, 6.07) is 5.60. The van der Waals surface area contributed by atoms with Crippen molar-refractivity contribution in [3.63, 3.8) is 0 Å². The van der Waals surface area contributed by atoms with Crippen molar-refractivity contribution in [1.29, 1.82) is 0 Å². The molecule has 0 bridgehead atoms. The van der Waals surface area contributed by atoms with Gasteiger partial charge < -0.3 is 5.73 Å². The zero-order chi connectivity index (χ0) is 24.5. The molecule has 2 aliphatic rings. The number of hydrogen-bond acceptors (Lipinski definition) is 8. The van der Waals surface area contributed by atoms with Crippen LogP contribution < -0.4 is 5.73 Å². The molecule has 1 fully saturated rings. The largest absolute Gasteiger partial charge is 0.383 e. The smallest absolute Gasteiger partial charge is 0.190 e. The second kappa shape index (κ2) is 9.59. The fourth-order valence-corrected chi connectivity index (χ4v) is 4.81. The molecule has 5 rings (SSSR count). The summed E-state index contributed by atoms with van der Waals surface area (Å²) in [6.07, 6.45) is 7.06. The minimum absolute atomic E-state index is 0.0261. The Bertz CT molecular complexity index is 1290. The van der Waals surface area contributed by atoms with Crippen LogP contribution in [0.2, 0.25) is 0 Å². The third kappa shape index (κ3) is 4.32. The number of Topliss-reactive ketones (excluding diaryl/α,β-unsaturated/α-hetero) is 1. The van der Waals surface area contributed by atoms with Gasteiger partial charge in [-0.1, -0.05) is 19.1 Å². The van der Waals surface area contributed by atoms with E-state index in [9.17, 15) is 13.6 Å². The Balaban J connectivity index is 1.41. The maximum absolute atomic E-state index is 14.4. The van der Waals surface area contributed by atoms with Crippen molar-refractivity contribution >= 4 is 17.2 Å². The Morgan fingerprint density at radius 1 is 1.26 bits per heavy atom. The van der Waals surface area contributed by atoms with Gasteiger partial charge in [-0.25, -0.2) is 23.8 Å². The lowest BCUT2D eigenvalue weighted by Crippen LogP contribution is -2.49. The number of ketones is 1.